The van der Waals surface area contributed by atoms with E-state index in [1.165, 1.54) is 0 Å². The molecule has 1 aliphatic rings. The van der Waals surface area contributed by atoms with Crippen molar-refractivity contribution in [3.63, 3.8) is 0 Å². The molecule has 0 amide bonds. The number of nitrogens with one attached hydrogen (secondary N) is 1. The number of likely N-dealkylation sites (tertiary alicyclic amines) is 1. The molecule has 0 aliphatic carbocycles. The molecule has 1 fully saturated rings. The SMILES string of the molecule is [2H]c1nc(N([2H])C2([2H])CCN(C([2H])([2H])c3ccc(C)c(C#N)c3)CC2)c2c([2H])c(Cl)sc2n1. The van der Waals surface area contributed by atoms with Crippen LogP contribution in [0.4, 0.5) is 5.82 Å². The first-order valence-corrected chi connectivity index (χ1v) is 9.66. The van der Waals surface area contributed by atoms with Gasteiger partial charge in [0.15, 0.2) is 1.41 Å². The van der Waals surface area contributed by atoms with E-state index in [-0.39, 0.29) is 53.8 Å². The van der Waals surface area contributed by atoms with Crippen LogP contribution < -0.4 is 5.31 Å². The molecule has 0 radical (unpaired) electrons. The summed E-state index contributed by atoms with van der Waals surface area (Å²) in [5.41, 5.74) is 1.56. The highest BCUT2D eigenvalue weighted by molar-refractivity contribution is 7.22. The number of hydrogen-bond acceptors (Lipinski definition) is 6. The first kappa shape index (κ1) is 12.3. The Kier molecular flexibility index (Phi) is 3.56. The van der Waals surface area contributed by atoms with Crippen LogP contribution in [-0.4, -0.2) is 34.0 Å². The Morgan fingerprint density at radius 2 is 2.33 bits per heavy atom. The van der Waals surface area contributed by atoms with Crippen molar-refractivity contribution in [3.8, 4) is 6.07 Å². The van der Waals surface area contributed by atoms with Gasteiger partial charge in [0, 0.05) is 28.3 Å². The van der Waals surface area contributed by atoms with E-state index in [2.05, 4.69) is 16.0 Å². The van der Waals surface area contributed by atoms with E-state index < -0.39 is 12.5 Å². The molecule has 0 atom stereocenters. The molecule has 0 spiro atoms. The Bertz CT molecular complexity index is 1270. The van der Waals surface area contributed by atoms with Gasteiger partial charge in [0.2, 0.25) is 0 Å². The average Bonchev–Trinajstić information content (AvgIpc) is 3.06. The van der Waals surface area contributed by atoms with E-state index in [1.54, 1.807) is 30.0 Å². The highest BCUT2D eigenvalue weighted by Crippen LogP contribution is 2.32. The Labute approximate surface area is 176 Å². The minimum absolute atomic E-state index is 0.0122. The van der Waals surface area contributed by atoms with Crippen LogP contribution in [0.2, 0.25) is 5.75 Å². The zero-order valence-electron chi connectivity index (χ0n) is 20.6. The molecular formula is C20H20ClN5S. The van der Waals surface area contributed by atoms with Crippen molar-refractivity contribution in [1.82, 2.24) is 14.9 Å². The molecular weight excluding hydrogens is 378 g/mol. The number of aryl methyl sites for hydroxylation is 1. The summed E-state index contributed by atoms with van der Waals surface area (Å²) in [7, 11) is 0. The topological polar surface area (TPSA) is 64.8 Å². The average molecular weight is 404 g/mol. The molecule has 3 heterocycles. The molecule has 7 heteroatoms. The van der Waals surface area contributed by atoms with Gasteiger partial charge in [-0.1, -0.05) is 23.7 Å². The Balaban J connectivity index is 1.59. The summed E-state index contributed by atoms with van der Waals surface area (Å²) in [4.78, 5) is 9.93. The molecule has 5 nitrogen and oxygen atoms in total. The zero-order chi connectivity index (χ0) is 24.1. The summed E-state index contributed by atoms with van der Waals surface area (Å²) in [6, 6.07) is 5.55. The van der Waals surface area contributed by atoms with Gasteiger partial charge in [-0.2, -0.15) is 5.26 Å². The highest BCUT2D eigenvalue weighted by Gasteiger charge is 2.20. The maximum atomic E-state index is 9.29. The predicted octanol–water partition coefficient (Wildman–Crippen LogP) is 4.60. The molecule has 1 saturated heterocycles. The molecule has 3 aromatic rings. The number of piperidine rings is 1. The Morgan fingerprint density at radius 1 is 1.52 bits per heavy atom. The first-order valence-electron chi connectivity index (χ1n) is 11.4. The third-order valence-electron chi connectivity index (χ3n) is 4.40. The van der Waals surface area contributed by atoms with Gasteiger partial charge in [-0.05, 0) is 43.0 Å². The lowest BCUT2D eigenvalue weighted by Gasteiger charge is -2.32. The fourth-order valence-corrected chi connectivity index (χ4v) is 3.90. The van der Waals surface area contributed by atoms with Crippen LogP contribution in [0.3, 0.4) is 0 Å². The molecule has 138 valence electrons. The fraction of sp³-hybridized carbons (Fsp3) is 0.350. The van der Waals surface area contributed by atoms with E-state index in [0.717, 1.165) is 22.2 Å². The molecule has 1 N–H and O–H groups in total. The molecule has 1 aromatic carbocycles. The van der Waals surface area contributed by atoms with E-state index in [9.17, 15) is 5.26 Å². The second-order valence-corrected chi connectivity index (χ2v) is 7.85. The van der Waals surface area contributed by atoms with Gasteiger partial charge in [0.05, 0.1) is 24.1 Å². The van der Waals surface area contributed by atoms with Crippen molar-refractivity contribution in [3.05, 3.63) is 51.6 Å². The van der Waals surface area contributed by atoms with Crippen molar-refractivity contribution in [2.24, 2.45) is 0 Å². The largest absolute Gasteiger partial charge is 0.367 e. The number of nitrogens with zero attached hydrogens (tertiary/aromatic N) is 4. The van der Waals surface area contributed by atoms with Crippen molar-refractivity contribution < 1.29 is 8.27 Å². The fourth-order valence-electron chi connectivity index (χ4n) is 2.93. The second-order valence-electron chi connectivity index (χ2n) is 6.25. The molecule has 27 heavy (non-hydrogen) atoms. The summed E-state index contributed by atoms with van der Waals surface area (Å²) < 4.78 is 51.1. The standard InChI is InChI=1S/C20H20ClN5S/c1-13-2-3-14(8-15(13)10-22)11-26-6-4-16(5-7-26)25-19-17-9-18(21)27-20(17)24-12-23-19/h2-3,8-9,12,16H,4-7,11H2,1H3,(H,23,24,25)/i9D,11D2,12D,16D/hD. The third kappa shape index (κ3) is 4.06. The first-order chi connectivity index (χ1) is 15.5. The van der Waals surface area contributed by atoms with Crippen LogP contribution in [-0.2, 0) is 6.50 Å². The Morgan fingerprint density at radius 3 is 3.11 bits per heavy atom. The van der Waals surface area contributed by atoms with Crippen LogP contribution in [0, 0.1) is 18.3 Å². The maximum Gasteiger partial charge on any atom is 0.162 e. The summed E-state index contributed by atoms with van der Waals surface area (Å²) in [5, 5.41) is 10.4. The quantitative estimate of drug-likeness (QED) is 0.689. The van der Waals surface area contributed by atoms with Crippen molar-refractivity contribution in [1.29, 1.82) is 5.26 Å². The number of fused-ring (bicyclic) bond motifs is 1. The number of rotatable bonds is 4. The molecule has 2 aromatic heterocycles. The third-order valence-corrected chi connectivity index (χ3v) is 5.50. The summed E-state index contributed by atoms with van der Waals surface area (Å²) >= 11 is 7.10. The number of anilines is 1. The zero-order valence-corrected chi connectivity index (χ0v) is 16.2. The number of halogens is 1. The number of benzene rings is 1. The Hall–Kier alpha value is -2.20. The maximum absolute atomic E-state index is 9.29. The second kappa shape index (κ2) is 7.81. The van der Waals surface area contributed by atoms with Gasteiger partial charge in [-0.25, -0.2) is 9.97 Å². The number of nitriles is 1. The van der Waals surface area contributed by atoms with Crippen LogP contribution in [0.15, 0.2) is 30.5 Å². The van der Waals surface area contributed by atoms with Gasteiger partial charge in [-0.15, -0.1) is 11.3 Å². The monoisotopic (exact) mass is 403 g/mol. The number of hydrogen-bond donors (Lipinski definition) is 1. The van der Waals surface area contributed by atoms with Crippen molar-refractivity contribution >= 4 is 39.0 Å². The van der Waals surface area contributed by atoms with E-state index in [4.69, 9.17) is 19.9 Å². The van der Waals surface area contributed by atoms with E-state index in [1.807, 2.05) is 0 Å². The highest BCUT2D eigenvalue weighted by atomic mass is 35.5. The molecule has 0 bridgehead atoms. The van der Waals surface area contributed by atoms with Crippen molar-refractivity contribution in [2.75, 3.05) is 18.4 Å². The van der Waals surface area contributed by atoms with Gasteiger partial charge in [0.25, 0.3) is 0 Å². The van der Waals surface area contributed by atoms with Crippen LogP contribution >= 0.6 is 22.9 Å². The van der Waals surface area contributed by atoms with E-state index >= 15 is 0 Å². The molecule has 1 aliphatic heterocycles. The van der Waals surface area contributed by atoms with Gasteiger partial charge < -0.3 is 5.31 Å². The van der Waals surface area contributed by atoms with Gasteiger partial charge in [0.1, 0.15) is 18.3 Å². The van der Waals surface area contributed by atoms with Crippen LogP contribution in [0.25, 0.3) is 10.2 Å². The smallest absolute Gasteiger partial charge is 0.162 e. The lowest BCUT2D eigenvalue weighted by atomic mass is 10.0. The molecule has 4 rings (SSSR count). The normalized spacial score (nSPS) is 20.6. The van der Waals surface area contributed by atoms with Gasteiger partial charge in [-0.3, -0.25) is 4.90 Å². The van der Waals surface area contributed by atoms with E-state index in [0.29, 0.717) is 16.0 Å². The minimum Gasteiger partial charge on any atom is -0.367 e. The number of aromatic nitrogens is 2. The minimum atomic E-state index is -1.85. The number of thiophene rings is 1. The van der Waals surface area contributed by atoms with Crippen LogP contribution in [0.1, 0.15) is 36.4 Å². The predicted molar refractivity (Wildman–Crippen MR) is 110 cm³/mol. The van der Waals surface area contributed by atoms with Crippen molar-refractivity contribution in [2.45, 2.75) is 32.3 Å². The summed E-state index contributed by atoms with van der Waals surface area (Å²) in [6.45, 7) is 0.341. The summed E-state index contributed by atoms with van der Waals surface area (Å²) in [5.74, 6) is -0.0122. The molecule has 0 unspecified atom stereocenters. The lowest BCUT2D eigenvalue weighted by Crippen LogP contribution is -2.38. The summed E-state index contributed by atoms with van der Waals surface area (Å²) in [6.07, 6.45) is -0.0497. The lowest BCUT2D eigenvalue weighted by molar-refractivity contribution is 0.211. The molecule has 0 saturated carbocycles. The van der Waals surface area contributed by atoms with Gasteiger partial charge >= 0.3 is 0 Å². The van der Waals surface area contributed by atoms with Crippen LogP contribution in [0.5, 0.6) is 0 Å².